The van der Waals surface area contributed by atoms with Gasteiger partial charge in [-0.25, -0.2) is 14.0 Å². The van der Waals surface area contributed by atoms with Crippen LogP contribution in [0.1, 0.15) is 50.9 Å². The summed E-state index contributed by atoms with van der Waals surface area (Å²) in [6, 6.07) is 3.73. The van der Waals surface area contributed by atoms with Gasteiger partial charge in [-0.05, 0) is 62.4 Å². The molecule has 34 heavy (non-hydrogen) atoms. The normalized spacial score (nSPS) is 15.0. The van der Waals surface area contributed by atoms with E-state index in [4.69, 9.17) is 4.74 Å². The first-order chi connectivity index (χ1) is 16.0. The Labute approximate surface area is 196 Å². The molecule has 0 radical (unpaired) electrons. The van der Waals surface area contributed by atoms with E-state index in [1.54, 1.807) is 5.32 Å². The third-order valence-electron chi connectivity index (χ3n) is 5.28. The minimum absolute atomic E-state index is 0.115. The molecule has 3 rings (SSSR count). The number of anilines is 1. The number of hydrogen-bond acceptors (Lipinski definition) is 7. The van der Waals surface area contributed by atoms with Crippen LogP contribution in [0.25, 0.3) is 0 Å². The number of esters is 2. The lowest BCUT2D eigenvalue weighted by atomic mass is 9.95. The molecule has 0 saturated carbocycles. The molecule has 0 aliphatic heterocycles. The van der Waals surface area contributed by atoms with Crippen molar-refractivity contribution in [1.29, 1.82) is 0 Å². The number of amides is 1. The number of benzene rings is 1. The van der Waals surface area contributed by atoms with Crippen molar-refractivity contribution in [2.24, 2.45) is 0 Å². The van der Waals surface area contributed by atoms with Crippen molar-refractivity contribution >= 4 is 34.2 Å². The van der Waals surface area contributed by atoms with Crippen molar-refractivity contribution in [2.75, 3.05) is 19.0 Å². The van der Waals surface area contributed by atoms with E-state index in [-0.39, 0.29) is 16.1 Å². The van der Waals surface area contributed by atoms with Crippen LogP contribution in [0, 0.1) is 5.82 Å². The Balaban J connectivity index is 2.13. The Bertz CT molecular complexity index is 1080. The Morgan fingerprint density at radius 1 is 1.09 bits per heavy atom. The SMILES string of the molecule is CCOC(=O)[C@](NC(=O)c1ccc(F)cc1)(Nc1sc2c(c1C(=O)OC)CCCC2)C(F)(F)F. The highest BCUT2D eigenvalue weighted by Gasteiger charge is 2.64. The van der Waals surface area contributed by atoms with Gasteiger partial charge in [0.25, 0.3) is 5.91 Å². The Morgan fingerprint density at radius 3 is 2.32 bits per heavy atom. The van der Waals surface area contributed by atoms with Crippen LogP contribution < -0.4 is 10.6 Å². The molecule has 1 atom stereocenters. The lowest BCUT2D eigenvalue weighted by molar-refractivity contribution is -0.204. The fourth-order valence-corrected chi connectivity index (χ4v) is 4.95. The number of carbonyl (C=O) groups is 3. The van der Waals surface area contributed by atoms with E-state index in [0.717, 1.165) is 55.6 Å². The Morgan fingerprint density at radius 2 is 1.74 bits per heavy atom. The molecule has 0 fully saturated rings. The second kappa shape index (κ2) is 10.00. The highest BCUT2D eigenvalue weighted by atomic mass is 32.1. The van der Waals surface area contributed by atoms with E-state index in [1.165, 1.54) is 6.92 Å². The number of nitrogens with one attached hydrogen (secondary N) is 2. The number of hydrogen-bond donors (Lipinski definition) is 2. The summed E-state index contributed by atoms with van der Waals surface area (Å²) < 4.78 is 66.3. The molecule has 1 aromatic heterocycles. The van der Waals surface area contributed by atoms with Crippen LogP contribution in [0.2, 0.25) is 0 Å². The van der Waals surface area contributed by atoms with E-state index in [9.17, 15) is 31.9 Å². The summed E-state index contributed by atoms with van der Waals surface area (Å²) in [6.07, 6.45) is -2.87. The van der Waals surface area contributed by atoms with Crippen molar-refractivity contribution in [1.82, 2.24) is 5.32 Å². The number of fused-ring (bicyclic) bond motifs is 1. The smallest absolute Gasteiger partial charge is 0.441 e. The van der Waals surface area contributed by atoms with E-state index in [2.05, 4.69) is 10.1 Å². The van der Waals surface area contributed by atoms with Crippen LogP contribution in [0.15, 0.2) is 24.3 Å². The van der Waals surface area contributed by atoms with E-state index < -0.39 is 42.1 Å². The van der Waals surface area contributed by atoms with Crippen molar-refractivity contribution in [3.63, 3.8) is 0 Å². The third-order valence-corrected chi connectivity index (χ3v) is 6.48. The molecule has 1 amide bonds. The van der Waals surface area contributed by atoms with Gasteiger partial charge >= 0.3 is 23.8 Å². The van der Waals surface area contributed by atoms with Gasteiger partial charge in [0, 0.05) is 10.4 Å². The molecule has 0 bridgehead atoms. The lowest BCUT2D eigenvalue weighted by Crippen LogP contribution is -2.69. The molecule has 0 spiro atoms. The van der Waals surface area contributed by atoms with Crippen molar-refractivity contribution in [3.8, 4) is 0 Å². The monoisotopic (exact) mass is 502 g/mol. The fourth-order valence-electron chi connectivity index (χ4n) is 3.62. The highest BCUT2D eigenvalue weighted by Crippen LogP contribution is 2.42. The number of aryl methyl sites for hydroxylation is 1. The maximum absolute atomic E-state index is 14.5. The average Bonchev–Trinajstić information content (AvgIpc) is 3.15. The second-order valence-corrected chi connectivity index (χ2v) is 8.57. The quantitative estimate of drug-likeness (QED) is 0.335. The van der Waals surface area contributed by atoms with Gasteiger partial charge in [-0.15, -0.1) is 11.3 Å². The summed E-state index contributed by atoms with van der Waals surface area (Å²) in [7, 11) is 1.09. The minimum atomic E-state index is -5.40. The summed E-state index contributed by atoms with van der Waals surface area (Å²) in [5, 5.41) is 3.49. The second-order valence-electron chi connectivity index (χ2n) is 7.46. The van der Waals surface area contributed by atoms with Gasteiger partial charge in [-0.1, -0.05) is 0 Å². The zero-order chi connectivity index (χ0) is 25.1. The first-order valence-corrected chi connectivity index (χ1v) is 11.2. The predicted octanol–water partition coefficient (Wildman–Crippen LogP) is 4.22. The van der Waals surface area contributed by atoms with Crippen LogP contribution in [0.3, 0.4) is 0 Å². The summed E-state index contributed by atoms with van der Waals surface area (Å²) in [4.78, 5) is 38.6. The van der Waals surface area contributed by atoms with E-state index in [1.807, 2.05) is 0 Å². The van der Waals surface area contributed by atoms with Crippen LogP contribution in [0.5, 0.6) is 0 Å². The molecule has 1 heterocycles. The zero-order valence-corrected chi connectivity index (χ0v) is 19.1. The summed E-state index contributed by atoms with van der Waals surface area (Å²) in [5.74, 6) is -4.69. The third kappa shape index (κ3) is 4.86. The van der Waals surface area contributed by atoms with Gasteiger partial charge in [-0.2, -0.15) is 13.2 Å². The topological polar surface area (TPSA) is 93.7 Å². The van der Waals surface area contributed by atoms with Gasteiger partial charge in [0.2, 0.25) is 0 Å². The van der Waals surface area contributed by atoms with Crippen LogP contribution in [-0.4, -0.2) is 43.4 Å². The maximum Gasteiger partial charge on any atom is 0.441 e. The van der Waals surface area contributed by atoms with Crippen molar-refractivity contribution < 1.29 is 41.4 Å². The number of carbonyl (C=O) groups excluding carboxylic acids is 3. The molecular formula is C22H22F4N2O5S. The molecule has 0 saturated heterocycles. The standard InChI is InChI=1S/C22H22F4N2O5S/c1-3-33-20(31)21(22(24,25)26,27-17(29)12-8-10-13(23)11-9-12)28-18-16(19(30)32-2)14-6-4-5-7-15(14)34-18/h8-11,28H,3-7H2,1-2H3,(H,27,29)/t21-/m0/s1. The number of halogens is 4. The number of rotatable bonds is 7. The molecule has 0 unspecified atom stereocenters. The van der Waals surface area contributed by atoms with Gasteiger partial charge in [0.1, 0.15) is 10.8 Å². The molecule has 184 valence electrons. The van der Waals surface area contributed by atoms with Crippen molar-refractivity contribution in [3.05, 3.63) is 51.7 Å². The predicted molar refractivity (Wildman–Crippen MR) is 115 cm³/mol. The van der Waals surface area contributed by atoms with E-state index >= 15 is 0 Å². The summed E-state index contributed by atoms with van der Waals surface area (Å²) >= 11 is 0.888. The first kappa shape index (κ1) is 25.5. The molecule has 2 N–H and O–H groups in total. The number of methoxy groups -OCH3 is 1. The van der Waals surface area contributed by atoms with Gasteiger partial charge in [0.15, 0.2) is 0 Å². The average molecular weight is 502 g/mol. The van der Waals surface area contributed by atoms with Gasteiger partial charge < -0.3 is 20.1 Å². The fraction of sp³-hybridized carbons (Fsp3) is 0.409. The van der Waals surface area contributed by atoms with Crippen molar-refractivity contribution in [2.45, 2.75) is 44.4 Å². The summed E-state index contributed by atoms with van der Waals surface area (Å²) in [5.41, 5.74) is -3.61. The zero-order valence-electron chi connectivity index (χ0n) is 18.3. The number of thiophene rings is 1. The first-order valence-electron chi connectivity index (χ1n) is 10.4. The largest absolute Gasteiger partial charge is 0.465 e. The van der Waals surface area contributed by atoms with Crippen LogP contribution in [-0.2, 0) is 27.1 Å². The summed E-state index contributed by atoms with van der Waals surface area (Å²) in [6.45, 7) is 0.903. The molecule has 12 heteroatoms. The molecule has 1 aliphatic carbocycles. The van der Waals surface area contributed by atoms with Crippen LogP contribution in [0.4, 0.5) is 22.6 Å². The van der Waals surface area contributed by atoms with Crippen LogP contribution >= 0.6 is 11.3 Å². The molecule has 1 aromatic carbocycles. The minimum Gasteiger partial charge on any atom is -0.465 e. The Kier molecular flexibility index (Phi) is 7.49. The van der Waals surface area contributed by atoms with E-state index in [0.29, 0.717) is 23.3 Å². The molecule has 2 aromatic rings. The van der Waals surface area contributed by atoms with Gasteiger partial charge in [-0.3, -0.25) is 4.79 Å². The van der Waals surface area contributed by atoms with Gasteiger partial charge in [0.05, 0.1) is 19.3 Å². The number of alkyl halides is 3. The number of ether oxygens (including phenoxy) is 2. The molecule has 7 nitrogen and oxygen atoms in total. The maximum atomic E-state index is 14.5. The lowest BCUT2D eigenvalue weighted by Gasteiger charge is -2.35. The Hall–Kier alpha value is -3.15. The molecular weight excluding hydrogens is 480 g/mol. The molecule has 1 aliphatic rings. The highest BCUT2D eigenvalue weighted by molar-refractivity contribution is 7.16.